The molecule has 4 nitrogen and oxygen atoms in total. The first-order valence-corrected chi connectivity index (χ1v) is 9.13. The van der Waals surface area contributed by atoms with Crippen molar-refractivity contribution in [2.75, 3.05) is 13.1 Å². The molecule has 1 aliphatic carbocycles. The zero-order chi connectivity index (χ0) is 16.9. The van der Waals surface area contributed by atoms with Gasteiger partial charge in [-0.2, -0.15) is 0 Å². The molecule has 1 aromatic rings. The van der Waals surface area contributed by atoms with Gasteiger partial charge in [-0.15, -0.1) is 0 Å². The molecule has 5 heteroatoms. The van der Waals surface area contributed by atoms with Crippen molar-refractivity contribution in [3.63, 3.8) is 0 Å². The van der Waals surface area contributed by atoms with Gasteiger partial charge in [0.25, 0.3) is 0 Å². The van der Waals surface area contributed by atoms with Crippen LogP contribution in [0.25, 0.3) is 0 Å². The second-order valence-corrected chi connectivity index (χ2v) is 7.32. The fourth-order valence-corrected chi connectivity index (χ4v) is 3.89. The van der Waals surface area contributed by atoms with Gasteiger partial charge in [0.15, 0.2) is 0 Å². The number of nitrogens with one attached hydrogen (secondary N) is 1. The van der Waals surface area contributed by atoms with Crippen molar-refractivity contribution in [2.45, 2.75) is 57.2 Å². The number of halogens is 1. The van der Waals surface area contributed by atoms with Crippen LogP contribution in [-0.2, 0) is 11.3 Å². The van der Waals surface area contributed by atoms with Crippen molar-refractivity contribution in [3.8, 4) is 0 Å². The molecule has 1 saturated carbocycles. The second-order valence-electron chi connectivity index (χ2n) is 7.32. The summed E-state index contributed by atoms with van der Waals surface area (Å²) in [5.41, 5.74) is 6.90. The Bertz CT molecular complexity index is 557. The lowest BCUT2D eigenvalue weighted by molar-refractivity contribution is -0.127. The van der Waals surface area contributed by atoms with E-state index in [1.165, 1.54) is 6.07 Å². The topological polar surface area (TPSA) is 58.4 Å². The highest BCUT2D eigenvalue weighted by Crippen LogP contribution is 2.21. The third kappa shape index (κ3) is 4.77. The molecule has 24 heavy (non-hydrogen) atoms. The molecule has 2 fully saturated rings. The Labute approximate surface area is 143 Å². The summed E-state index contributed by atoms with van der Waals surface area (Å²) in [6.07, 6.45) is 5.95. The summed E-state index contributed by atoms with van der Waals surface area (Å²) < 4.78 is 13.3. The zero-order valence-electron chi connectivity index (χ0n) is 14.2. The van der Waals surface area contributed by atoms with Crippen molar-refractivity contribution >= 4 is 5.91 Å². The maximum absolute atomic E-state index is 13.3. The number of nitrogens with zero attached hydrogens (tertiary/aromatic N) is 1. The van der Waals surface area contributed by atoms with Crippen molar-refractivity contribution in [1.82, 2.24) is 10.2 Å². The van der Waals surface area contributed by atoms with E-state index in [0.717, 1.165) is 57.2 Å². The first-order valence-electron chi connectivity index (χ1n) is 9.13. The van der Waals surface area contributed by atoms with Gasteiger partial charge in [-0.05, 0) is 62.8 Å². The summed E-state index contributed by atoms with van der Waals surface area (Å²) in [5, 5.41) is 3.22. The van der Waals surface area contributed by atoms with Gasteiger partial charge in [0.2, 0.25) is 5.91 Å². The van der Waals surface area contributed by atoms with Crippen molar-refractivity contribution in [3.05, 3.63) is 35.6 Å². The molecule has 1 unspecified atom stereocenters. The number of amides is 1. The van der Waals surface area contributed by atoms with Crippen LogP contribution in [0.4, 0.5) is 4.39 Å². The minimum absolute atomic E-state index is 0.0444. The Morgan fingerprint density at radius 1 is 1.25 bits per heavy atom. The van der Waals surface area contributed by atoms with E-state index >= 15 is 0 Å². The van der Waals surface area contributed by atoms with Gasteiger partial charge in [-0.25, -0.2) is 4.39 Å². The molecule has 3 N–H and O–H groups in total. The lowest BCUT2D eigenvalue weighted by Crippen LogP contribution is -2.47. The van der Waals surface area contributed by atoms with E-state index < -0.39 is 0 Å². The lowest BCUT2D eigenvalue weighted by Gasteiger charge is -2.34. The third-order valence-electron chi connectivity index (χ3n) is 5.29. The number of benzene rings is 1. The number of carbonyl (C=O) groups excluding carboxylic acids is 1. The molecule has 3 rings (SSSR count). The number of nitrogens with two attached hydrogens (primary N) is 1. The number of carbonyl (C=O) groups is 1. The fourth-order valence-electron chi connectivity index (χ4n) is 3.89. The first-order chi connectivity index (χ1) is 11.6. The minimum atomic E-state index is -0.200. The van der Waals surface area contributed by atoms with E-state index in [2.05, 4.69) is 10.2 Å². The SMILES string of the molecule is NC1CCC(NC(=O)C2CCCN(Cc3cccc(F)c3)C2)CC1. The highest BCUT2D eigenvalue weighted by molar-refractivity contribution is 5.79. The number of likely N-dealkylation sites (tertiary alicyclic amines) is 1. The molecule has 2 aliphatic rings. The van der Waals surface area contributed by atoms with E-state index in [-0.39, 0.29) is 23.7 Å². The molecule has 132 valence electrons. The Morgan fingerprint density at radius 2 is 2.04 bits per heavy atom. The van der Waals surface area contributed by atoms with Crippen LogP contribution >= 0.6 is 0 Å². The molecule has 1 saturated heterocycles. The van der Waals surface area contributed by atoms with Gasteiger partial charge in [-0.1, -0.05) is 12.1 Å². The molecule has 0 bridgehead atoms. The quantitative estimate of drug-likeness (QED) is 0.890. The van der Waals surface area contributed by atoms with Crippen LogP contribution in [0, 0.1) is 11.7 Å². The Morgan fingerprint density at radius 3 is 2.79 bits per heavy atom. The van der Waals surface area contributed by atoms with E-state index in [1.54, 1.807) is 12.1 Å². The van der Waals surface area contributed by atoms with E-state index in [4.69, 9.17) is 5.73 Å². The van der Waals surface area contributed by atoms with Crippen LogP contribution in [0.5, 0.6) is 0 Å². The molecule has 1 heterocycles. The van der Waals surface area contributed by atoms with E-state index in [0.29, 0.717) is 12.6 Å². The summed E-state index contributed by atoms with van der Waals surface area (Å²) in [7, 11) is 0. The second kappa shape index (κ2) is 8.08. The molecule has 1 aromatic carbocycles. The molecule has 1 aliphatic heterocycles. The lowest BCUT2D eigenvalue weighted by atomic mass is 9.90. The normalized spacial score (nSPS) is 28.5. The number of hydrogen-bond acceptors (Lipinski definition) is 3. The maximum atomic E-state index is 13.3. The number of rotatable bonds is 4. The average Bonchev–Trinajstić information content (AvgIpc) is 2.57. The van der Waals surface area contributed by atoms with Crippen molar-refractivity contribution < 1.29 is 9.18 Å². The summed E-state index contributed by atoms with van der Waals surface area (Å²) in [4.78, 5) is 14.8. The first kappa shape index (κ1) is 17.4. The standard InChI is InChI=1S/C19H28FN3O/c20-16-5-1-3-14(11-16)12-23-10-2-4-15(13-23)19(24)22-18-8-6-17(21)7-9-18/h1,3,5,11,15,17-18H,2,4,6-10,12-13,21H2,(H,22,24). The Kier molecular flexibility index (Phi) is 5.85. The van der Waals surface area contributed by atoms with Gasteiger partial charge >= 0.3 is 0 Å². The highest BCUT2D eigenvalue weighted by atomic mass is 19.1. The van der Waals surface area contributed by atoms with Crippen LogP contribution in [0.3, 0.4) is 0 Å². The summed E-state index contributed by atoms with van der Waals surface area (Å²) in [5.74, 6) is 0.0247. The smallest absolute Gasteiger partial charge is 0.224 e. The summed E-state index contributed by atoms with van der Waals surface area (Å²) in [6, 6.07) is 7.32. The van der Waals surface area contributed by atoms with Gasteiger partial charge in [-0.3, -0.25) is 9.69 Å². The minimum Gasteiger partial charge on any atom is -0.353 e. The summed E-state index contributed by atoms with van der Waals surface area (Å²) in [6.45, 7) is 2.44. The van der Waals surface area contributed by atoms with E-state index in [9.17, 15) is 9.18 Å². The largest absolute Gasteiger partial charge is 0.353 e. The molecule has 0 aromatic heterocycles. The number of piperidine rings is 1. The van der Waals surface area contributed by atoms with Crippen molar-refractivity contribution in [2.24, 2.45) is 11.7 Å². The number of hydrogen-bond donors (Lipinski definition) is 2. The summed E-state index contributed by atoms with van der Waals surface area (Å²) >= 11 is 0. The van der Waals surface area contributed by atoms with Crippen LogP contribution in [-0.4, -0.2) is 36.0 Å². The van der Waals surface area contributed by atoms with Crippen LogP contribution in [0.15, 0.2) is 24.3 Å². The maximum Gasteiger partial charge on any atom is 0.224 e. The molecule has 0 radical (unpaired) electrons. The van der Waals surface area contributed by atoms with Crippen molar-refractivity contribution in [1.29, 1.82) is 0 Å². The van der Waals surface area contributed by atoms with Crippen LogP contribution in [0.2, 0.25) is 0 Å². The molecule has 1 atom stereocenters. The predicted octanol–water partition coefficient (Wildman–Crippen LogP) is 2.42. The highest BCUT2D eigenvalue weighted by Gasteiger charge is 2.28. The Hall–Kier alpha value is -1.46. The van der Waals surface area contributed by atoms with Gasteiger partial charge in [0.05, 0.1) is 5.92 Å². The third-order valence-corrected chi connectivity index (χ3v) is 5.29. The average molecular weight is 333 g/mol. The Balaban J connectivity index is 1.50. The van der Waals surface area contributed by atoms with Crippen LogP contribution < -0.4 is 11.1 Å². The molecule has 0 spiro atoms. The van der Waals surface area contributed by atoms with Gasteiger partial charge < -0.3 is 11.1 Å². The fraction of sp³-hybridized carbons (Fsp3) is 0.632. The monoisotopic (exact) mass is 333 g/mol. The van der Waals surface area contributed by atoms with Gasteiger partial charge in [0, 0.05) is 25.2 Å². The molecular formula is C19H28FN3O. The van der Waals surface area contributed by atoms with Crippen LogP contribution in [0.1, 0.15) is 44.1 Å². The van der Waals surface area contributed by atoms with Gasteiger partial charge in [0.1, 0.15) is 5.82 Å². The zero-order valence-corrected chi connectivity index (χ0v) is 14.2. The predicted molar refractivity (Wildman–Crippen MR) is 92.8 cm³/mol. The molecular weight excluding hydrogens is 305 g/mol. The molecule has 1 amide bonds. The van der Waals surface area contributed by atoms with E-state index in [1.807, 2.05) is 6.07 Å².